The summed E-state index contributed by atoms with van der Waals surface area (Å²) in [5.41, 5.74) is -0.481. The van der Waals surface area contributed by atoms with E-state index < -0.39 is 11.7 Å². The van der Waals surface area contributed by atoms with Crippen LogP contribution in [-0.4, -0.2) is 0 Å². The molecule has 0 saturated heterocycles. The summed E-state index contributed by atoms with van der Waals surface area (Å²) in [6, 6.07) is 4.41. The van der Waals surface area contributed by atoms with Crippen LogP contribution in [0, 0.1) is 3.57 Å². The van der Waals surface area contributed by atoms with Gasteiger partial charge in [0.2, 0.25) is 0 Å². The van der Waals surface area contributed by atoms with E-state index in [-0.39, 0.29) is 9.13 Å². The summed E-state index contributed by atoms with van der Waals surface area (Å²) in [5, 5.41) is 0. The Morgan fingerprint density at radius 1 is 1.31 bits per heavy atom. The highest BCUT2D eigenvalue weighted by molar-refractivity contribution is 14.1. The Morgan fingerprint density at radius 2 is 1.92 bits per heavy atom. The quantitative estimate of drug-likeness (QED) is 0.689. The van der Waals surface area contributed by atoms with Gasteiger partial charge in [-0.3, -0.25) is 0 Å². The Hall–Kier alpha value is -0.520. The maximum Gasteiger partial charge on any atom is 0.418 e. The second kappa shape index (κ2) is 3.69. The minimum absolute atomic E-state index is 0.124. The van der Waals surface area contributed by atoms with Crippen LogP contribution in [0.3, 0.4) is 0 Å². The van der Waals surface area contributed by atoms with Crippen LogP contribution in [0.25, 0.3) is 6.08 Å². The van der Waals surface area contributed by atoms with Gasteiger partial charge in [0, 0.05) is 3.57 Å². The molecule has 13 heavy (non-hydrogen) atoms. The van der Waals surface area contributed by atoms with Crippen molar-refractivity contribution in [2.24, 2.45) is 0 Å². The van der Waals surface area contributed by atoms with Gasteiger partial charge in [0.15, 0.2) is 0 Å². The highest BCUT2D eigenvalue weighted by Crippen LogP contribution is 2.35. The molecule has 0 aliphatic rings. The molecule has 0 amide bonds. The lowest BCUT2D eigenvalue weighted by Crippen LogP contribution is -2.09. The van der Waals surface area contributed by atoms with E-state index in [0.717, 1.165) is 0 Å². The van der Waals surface area contributed by atoms with Gasteiger partial charge in [-0.2, -0.15) is 13.2 Å². The standard InChI is InChI=1S/C9H6F3I/c1-2-6-4-3-5-7(13)8(6)9(10,11)12/h2-5H,1H2. The molecule has 0 saturated carbocycles. The van der Waals surface area contributed by atoms with Crippen molar-refractivity contribution in [3.8, 4) is 0 Å². The molecule has 1 aromatic carbocycles. The number of rotatable bonds is 1. The zero-order valence-corrected chi connectivity index (χ0v) is 8.69. The smallest absolute Gasteiger partial charge is 0.166 e. The minimum atomic E-state index is -4.30. The molecule has 0 heterocycles. The van der Waals surface area contributed by atoms with Crippen molar-refractivity contribution in [3.05, 3.63) is 39.5 Å². The van der Waals surface area contributed by atoms with E-state index >= 15 is 0 Å². The van der Waals surface area contributed by atoms with Crippen molar-refractivity contribution < 1.29 is 13.2 Å². The summed E-state index contributed by atoms with van der Waals surface area (Å²) in [4.78, 5) is 0. The first-order valence-corrected chi connectivity index (χ1v) is 4.53. The van der Waals surface area contributed by atoms with Crippen LogP contribution in [0.4, 0.5) is 13.2 Å². The molecule has 0 atom stereocenters. The number of benzene rings is 1. The van der Waals surface area contributed by atoms with Gasteiger partial charge in [-0.15, -0.1) is 0 Å². The predicted octanol–water partition coefficient (Wildman–Crippen LogP) is 3.95. The molecular formula is C9H6F3I. The average Bonchev–Trinajstić information content (AvgIpc) is 2.01. The van der Waals surface area contributed by atoms with Crippen molar-refractivity contribution in [1.82, 2.24) is 0 Å². The predicted molar refractivity (Wildman–Crippen MR) is 54.3 cm³/mol. The van der Waals surface area contributed by atoms with E-state index in [1.165, 1.54) is 18.2 Å². The van der Waals surface area contributed by atoms with Crippen LogP contribution in [0.5, 0.6) is 0 Å². The third kappa shape index (κ3) is 2.24. The lowest BCUT2D eigenvalue weighted by Gasteiger charge is -2.11. The van der Waals surface area contributed by atoms with Crippen molar-refractivity contribution in [3.63, 3.8) is 0 Å². The lowest BCUT2D eigenvalue weighted by molar-refractivity contribution is -0.138. The second-order valence-electron chi connectivity index (χ2n) is 2.41. The summed E-state index contributed by atoms with van der Waals surface area (Å²) < 4.78 is 37.5. The van der Waals surface area contributed by atoms with Gasteiger partial charge in [-0.1, -0.05) is 24.8 Å². The third-order valence-corrected chi connectivity index (χ3v) is 2.45. The van der Waals surface area contributed by atoms with Crippen molar-refractivity contribution in [1.29, 1.82) is 0 Å². The van der Waals surface area contributed by atoms with E-state index in [1.807, 2.05) is 0 Å². The van der Waals surface area contributed by atoms with Crippen LogP contribution < -0.4 is 0 Å². The van der Waals surface area contributed by atoms with Gasteiger partial charge < -0.3 is 0 Å². The van der Waals surface area contributed by atoms with Crippen LogP contribution in [0.1, 0.15) is 11.1 Å². The summed E-state index contributed by atoms with van der Waals surface area (Å²) >= 11 is 1.67. The molecule has 0 aliphatic heterocycles. The molecule has 1 aromatic rings. The van der Waals surface area contributed by atoms with Crippen LogP contribution in [-0.2, 0) is 6.18 Å². The molecule has 70 valence electrons. The van der Waals surface area contributed by atoms with Crippen LogP contribution in [0.2, 0.25) is 0 Å². The first-order valence-electron chi connectivity index (χ1n) is 3.45. The van der Waals surface area contributed by atoms with Crippen molar-refractivity contribution >= 4 is 28.7 Å². The van der Waals surface area contributed by atoms with E-state index in [9.17, 15) is 13.2 Å². The van der Waals surface area contributed by atoms with Crippen molar-refractivity contribution in [2.75, 3.05) is 0 Å². The van der Waals surface area contributed by atoms with Gasteiger partial charge in [-0.05, 0) is 34.2 Å². The van der Waals surface area contributed by atoms with Gasteiger partial charge in [0.1, 0.15) is 0 Å². The van der Waals surface area contributed by atoms with Crippen molar-refractivity contribution in [2.45, 2.75) is 6.18 Å². The lowest BCUT2D eigenvalue weighted by atomic mass is 10.1. The average molecular weight is 298 g/mol. The molecule has 0 fully saturated rings. The fraction of sp³-hybridized carbons (Fsp3) is 0.111. The number of hydrogen-bond donors (Lipinski definition) is 0. The largest absolute Gasteiger partial charge is 0.418 e. The summed E-state index contributed by atoms with van der Waals surface area (Å²) in [6.07, 6.45) is -3.09. The number of hydrogen-bond acceptors (Lipinski definition) is 0. The maximum absolute atomic E-state index is 12.4. The number of alkyl halides is 3. The fourth-order valence-corrected chi connectivity index (χ4v) is 1.83. The molecule has 0 unspecified atom stereocenters. The SMILES string of the molecule is C=Cc1cccc(I)c1C(F)(F)F. The van der Waals surface area contributed by atoms with Gasteiger partial charge >= 0.3 is 6.18 Å². The van der Waals surface area contributed by atoms with Gasteiger partial charge in [0.05, 0.1) is 5.56 Å². The topological polar surface area (TPSA) is 0 Å². The molecule has 1 rings (SSSR count). The fourth-order valence-electron chi connectivity index (χ4n) is 1.01. The Balaban J connectivity index is 3.40. The number of halogens is 4. The molecule has 4 heteroatoms. The third-order valence-electron chi connectivity index (χ3n) is 1.55. The minimum Gasteiger partial charge on any atom is -0.166 e. The molecular weight excluding hydrogens is 292 g/mol. The first kappa shape index (κ1) is 10.6. The van der Waals surface area contributed by atoms with E-state index in [0.29, 0.717) is 0 Å². The molecule has 0 spiro atoms. The zero-order chi connectivity index (χ0) is 10.1. The summed E-state index contributed by atoms with van der Waals surface area (Å²) in [5.74, 6) is 0. The molecule has 0 radical (unpaired) electrons. The monoisotopic (exact) mass is 298 g/mol. The molecule has 0 N–H and O–H groups in total. The Bertz CT molecular complexity index is 328. The highest BCUT2D eigenvalue weighted by Gasteiger charge is 2.34. The Morgan fingerprint density at radius 3 is 2.31 bits per heavy atom. The molecule has 0 aromatic heterocycles. The molecule has 0 nitrogen and oxygen atoms in total. The second-order valence-corrected chi connectivity index (χ2v) is 3.57. The van der Waals surface area contributed by atoms with E-state index in [2.05, 4.69) is 6.58 Å². The first-order chi connectivity index (χ1) is 5.96. The highest BCUT2D eigenvalue weighted by atomic mass is 127. The van der Waals surface area contributed by atoms with Crippen LogP contribution >= 0.6 is 22.6 Å². The van der Waals surface area contributed by atoms with E-state index in [1.54, 1.807) is 28.7 Å². The van der Waals surface area contributed by atoms with E-state index in [4.69, 9.17) is 0 Å². The Kier molecular flexibility index (Phi) is 3.00. The molecule has 0 aliphatic carbocycles. The zero-order valence-electron chi connectivity index (χ0n) is 6.53. The van der Waals surface area contributed by atoms with Crippen LogP contribution in [0.15, 0.2) is 24.8 Å². The maximum atomic E-state index is 12.4. The van der Waals surface area contributed by atoms with Gasteiger partial charge in [0.25, 0.3) is 0 Å². The normalized spacial score (nSPS) is 11.4. The molecule has 0 bridgehead atoms. The summed E-state index contributed by atoms with van der Waals surface area (Å²) in [6.45, 7) is 3.34. The Labute approximate surface area is 87.6 Å². The van der Waals surface area contributed by atoms with Gasteiger partial charge in [-0.25, -0.2) is 0 Å². The summed E-state index contributed by atoms with van der Waals surface area (Å²) in [7, 11) is 0.